The highest BCUT2D eigenvalue weighted by molar-refractivity contribution is 7.80. The molecule has 13 N–H and O–H groups in total. The number of Topliss-reactive ketones (excluding diaryl/α,β-unsaturated/α-hetero) is 2. The number of aliphatic hydroxyl groups is 12. The van der Waals surface area contributed by atoms with Crippen LogP contribution in [0.5, 0.6) is 0 Å². The molecule has 0 aromatic rings. The maximum Gasteiger partial charge on any atom is 0.397 e. The van der Waals surface area contributed by atoms with E-state index in [0.717, 1.165) is 96.3 Å². The number of hydrogen-bond donors (Lipinski definition) is 13. The molecule has 5 saturated heterocycles. The third-order valence-corrected chi connectivity index (χ3v) is 19.4. The first-order valence-electron chi connectivity index (χ1n) is 35.7. The fourth-order valence-corrected chi connectivity index (χ4v) is 13.5. The van der Waals surface area contributed by atoms with Gasteiger partial charge in [0.05, 0.1) is 86.5 Å². The molecule has 0 unspecified atom stereocenters. The van der Waals surface area contributed by atoms with E-state index in [4.69, 9.17) is 33.2 Å². The topological polar surface area (TPSA) is 412 Å². The summed E-state index contributed by atoms with van der Waals surface area (Å²) in [6.45, 7) is 12.6. The highest BCUT2D eigenvalue weighted by Gasteiger charge is 2.49. The van der Waals surface area contributed by atoms with Gasteiger partial charge in [-0.05, 0) is 128 Å². The molecule has 0 spiro atoms. The van der Waals surface area contributed by atoms with Crippen LogP contribution < -0.4 is 0 Å². The van der Waals surface area contributed by atoms with Crippen LogP contribution >= 0.6 is 0 Å². The molecule has 0 radical (unpaired) electrons. The summed E-state index contributed by atoms with van der Waals surface area (Å²) >= 11 is 0. The second kappa shape index (κ2) is 44.6. The lowest BCUT2D eigenvalue weighted by Crippen LogP contribution is -2.62. The molecule has 25 atom stereocenters. The third-order valence-electron chi connectivity index (χ3n) is 19.0. The van der Waals surface area contributed by atoms with Gasteiger partial charge in [-0.2, -0.15) is 8.42 Å². The number of hydrogen-bond acceptors (Lipinski definition) is 24. The average Bonchev–Trinajstić information content (AvgIpc) is 1.79. The highest BCUT2D eigenvalue weighted by atomic mass is 32.3. The molecule has 560 valence electrons. The van der Waals surface area contributed by atoms with Gasteiger partial charge in [0.25, 0.3) is 0 Å². The Labute approximate surface area is 574 Å². The number of epoxide rings is 2. The van der Waals surface area contributed by atoms with Crippen LogP contribution in [0.25, 0.3) is 0 Å². The molecule has 5 aliphatic rings. The number of unbranched alkanes of at least 4 members (excludes halogenated alkanes) is 6. The van der Waals surface area contributed by atoms with E-state index in [9.17, 15) is 83.8 Å². The van der Waals surface area contributed by atoms with E-state index < -0.39 is 159 Å². The lowest BCUT2D eigenvalue weighted by molar-refractivity contribution is -0.336. The van der Waals surface area contributed by atoms with E-state index in [-0.39, 0.29) is 57.1 Å². The fraction of sp³-hybridized carbons (Fsp3) is 0.831. The molecule has 0 aliphatic carbocycles. The summed E-state index contributed by atoms with van der Waals surface area (Å²) in [5, 5.41) is 127. The van der Waals surface area contributed by atoms with Crippen LogP contribution in [0.15, 0.2) is 61.3 Å². The van der Waals surface area contributed by atoms with Gasteiger partial charge >= 0.3 is 10.4 Å². The van der Waals surface area contributed by atoms with Crippen LogP contribution in [0.4, 0.5) is 0 Å². The summed E-state index contributed by atoms with van der Waals surface area (Å²) in [6.07, 6.45) is 6.12. The standard InChI is InChI=1S/C71H120O25S/c1-6-7-30-56-59(92-56)36-46(4)32-35-57-55(91-57)31-20-14-12-10-8-9-11-13-17-23-44(2)25-21-26-45(3)24-18-15-16-19-27-48(74)28-22-29-52(90-71-68(85)66(83)64(81)62(95-71)43-89-70-67(84)65(82)63(80)61(42-72)94-70)40-51(77)39-50(76)38-49(75)33-34-53(78)58-41-54(79)69(96-97(86,87)88)60(93-58)37-47(5)73/h6,8,10,13,17,21,25,44-45,47,49,51-73,75,77-85H,1,4,7,9,11-12,14-16,18-20,22-24,26-43H2,2-3,5H3,(H,86,87,88)/b10-8+,17-13+,25-21+/t44-,45+,47+,49+,51+,52+,53-,54-,55-,56-,57-,58-,59-,60-,61-,62-,63-,64-,65+,66+,67-,68-,69+,70-,71-/m1/s1. The molecule has 5 rings (SSSR count). The van der Waals surface area contributed by atoms with E-state index in [1.165, 1.54) is 25.3 Å². The van der Waals surface area contributed by atoms with Crippen LogP contribution in [-0.2, 0) is 57.3 Å². The predicted molar refractivity (Wildman–Crippen MR) is 358 cm³/mol. The molecule has 26 heteroatoms. The first-order valence-corrected chi connectivity index (χ1v) is 37.1. The van der Waals surface area contributed by atoms with Crippen molar-refractivity contribution in [1.29, 1.82) is 0 Å². The Balaban J connectivity index is 0.972. The lowest BCUT2D eigenvalue weighted by atomic mass is 9.90. The Bertz CT molecular complexity index is 2460. The Morgan fingerprint density at radius 1 is 0.588 bits per heavy atom. The maximum atomic E-state index is 13.2. The van der Waals surface area contributed by atoms with Crippen molar-refractivity contribution in [3.8, 4) is 0 Å². The number of carbonyl (C=O) groups is 2. The van der Waals surface area contributed by atoms with Crippen LogP contribution in [0.3, 0.4) is 0 Å². The number of carbonyl (C=O) groups excluding carboxylic acids is 2. The van der Waals surface area contributed by atoms with Gasteiger partial charge in [0.2, 0.25) is 0 Å². The summed E-state index contributed by atoms with van der Waals surface area (Å²) in [5.41, 5.74) is 1.28. The van der Waals surface area contributed by atoms with Gasteiger partial charge < -0.3 is 94.4 Å². The molecule has 5 fully saturated rings. The number of rotatable bonds is 52. The van der Waals surface area contributed by atoms with E-state index in [1.807, 2.05) is 6.08 Å². The Morgan fingerprint density at radius 3 is 1.94 bits per heavy atom. The summed E-state index contributed by atoms with van der Waals surface area (Å²) in [5.74, 6) is 0.403. The number of aliphatic hydroxyl groups excluding tert-OH is 12. The molecule has 0 amide bonds. The third kappa shape index (κ3) is 32.6. The fourth-order valence-electron chi connectivity index (χ4n) is 13.0. The number of ketones is 2. The molecular formula is C71H120O25S. The van der Waals surface area contributed by atoms with Crippen molar-refractivity contribution in [1.82, 2.24) is 0 Å². The van der Waals surface area contributed by atoms with Gasteiger partial charge in [0.1, 0.15) is 66.5 Å². The van der Waals surface area contributed by atoms with Crippen molar-refractivity contribution in [2.45, 2.75) is 348 Å². The second-order valence-corrected chi connectivity index (χ2v) is 29.0. The van der Waals surface area contributed by atoms with Gasteiger partial charge in [-0.1, -0.05) is 101 Å². The maximum absolute atomic E-state index is 13.2. The quantitative estimate of drug-likeness (QED) is 0.0156. The normalized spacial score (nSPS) is 32.2. The minimum Gasteiger partial charge on any atom is -0.394 e. The van der Waals surface area contributed by atoms with Crippen molar-refractivity contribution in [3.63, 3.8) is 0 Å². The SMILES string of the molecule is C=CCC[C@H]1O[C@@H]1CC(=C)CC[C@H]1O[C@@H]1CCCC/C=C/CC/C=C/C[C@@H](C)/C=C/C[C@@H](C)CCCCCCC(=O)CCC[C@@H](C[C@@H](O)CC(=O)C[C@@H](O)CC[C@@H](O)[C@H]1C[C@@H](O)[C@H](OS(=O)(=O)O)[C@@H](C[C@H](C)O)O1)O[C@@H]1O[C@H](CO[C@@H]2O[C@H](CO)[C@@H](O)[C@H](O)[C@H]2O)[C@@H](O)[C@H](O)[C@H]1O. The largest absolute Gasteiger partial charge is 0.397 e. The highest BCUT2D eigenvalue weighted by Crippen LogP contribution is 2.37. The predicted octanol–water partition coefficient (Wildman–Crippen LogP) is 5.44. The van der Waals surface area contributed by atoms with Gasteiger partial charge in [0, 0.05) is 44.9 Å². The summed E-state index contributed by atoms with van der Waals surface area (Å²) in [7, 11) is -5.02. The lowest BCUT2D eigenvalue weighted by Gasteiger charge is -2.43. The van der Waals surface area contributed by atoms with Crippen LogP contribution in [0.1, 0.15) is 207 Å². The van der Waals surface area contributed by atoms with Crippen molar-refractivity contribution < 1.29 is 121 Å². The van der Waals surface area contributed by atoms with Gasteiger partial charge in [0.15, 0.2) is 12.6 Å². The number of allylic oxidation sites excluding steroid dienone is 7. The minimum atomic E-state index is -5.02. The average molecular weight is 1410 g/mol. The second-order valence-electron chi connectivity index (χ2n) is 28.0. The molecular weight excluding hydrogens is 1280 g/mol. The molecule has 97 heavy (non-hydrogen) atoms. The van der Waals surface area contributed by atoms with Crippen molar-refractivity contribution in [3.05, 3.63) is 61.3 Å². The van der Waals surface area contributed by atoms with Crippen LogP contribution in [0.2, 0.25) is 0 Å². The van der Waals surface area contributed by atoms with Crippen molar-refractivity contribution >= 4 is 22.0 Å². The zero-order valence-electron chi connectivity index (χ0n) is 57.4. The van der Waals surface area contributed by atoms with E-state index in [0.29, 0.717) is 49.1 Å². The van der Waals surface area contributed by atoms with Gasteiger partial charge in [-0.3, -0.25) is 14.1 Å². The molecule has 0 saturated carbocycles. The van der Waals surface area contributed by atoms with Crippen LogP contribution in [-0.4, -0.2) is 240 Å². The smallest absolute Gasteiger partial charge is 0.394 e. The van der Waals surface area contributed by atoms with Gasteiger partial charge in [-0.15, -0.1) is 6.58 Å². The molecule has 5 heterocycles. The van der Waals surface area contributed by atoms with Gasteiger partial charge in [-0.25, -0.2) is 4.18 Å². The first kappa shape index (κ1) is 84.8. The molecule has 25 nitrogen and oxygen atoms in total. The molecule has 5 aliphatic heterocycles. The zero-order chi connectivity index (χ0) is 71.2. The molecule has 0 bridgehead atoms. The first-order chi connectivity index (χ1) is 46.2. The Hall–Kier alpha value is -2.85. The van der Waals surface area contributed by atoms with Crippen molar-refractivity contribution in [2.75, 3.05) is 13.2 Å². The van der Waals surface area contributed by atoms with Crippen molar-refractivity contribution in [2.24, 2.45) is 11.8 Å². The summed E-state index contributed by atoms with van der Waals surface area (Å²) in [4.78, 5) is 26.4. The van der Waals surface area contributed by atoms with E-state index in [1.54, 1.807) is 0 Å². The summed E-state index contributed by atoms with van der Waals surface area (Å²) in [6, 6.07) is 0. The molecule has 0 aromatic heterocycles. The van der Waals surface area contributed by atoms with E-state index >= 15 is 0 Å². The monoisotopic (exact) mass is 1400 g/mol. The van der Waals surface area contributed by atoms with Crippen LogP contribution in [0, 0.1) is 11.8 Å². The minimum absolute atomic E-state index is 0.00463. The summed E-state index contributed by atoms with van der Waals surface area (Å²) < 4.78 is 77.0. The van der Waals surface area contributed by atoms with E-state index in [2.05, 4.69) is 67.6 Å². The Morgan fingerprint density at radius 2 is 1.23 bits per heavy atom. The number of ether oxygens (including phenoxy) is 7. The zero-order valence-corrected chi connectivity index (χ0v) is 58.2. The molecule has 0 aromatic carbocycles. The Kier molecular flexibility index (Phi) is 39.0.